The maximum atomic E-state index is 13.4. The number of hydrogen-bond acceptors (Lipinski definition) is 5. The molecule has 0 radical (unpaired) electrons. The van der Waals surface area contributed by atoms with Gasteiger partial charge in [-0.15, -0.1) is 0 Å². The monoisotopic (exact) mass is 379 g/mol. The number of aliphatic hydroxyl groups is 1. The van der Waals surface area contributed by atoms with Crippen LogP contribution in [0.15, 0.2) is 34.9 Å². The van der Waals surface area contributed by atoms with E-state index in [0.717, 1.165) is 16.8 Å². The van der Waals surface area contributed by atoms with Crippen LogP contribution in [0.5, 0.6) is 0 Å². The molecule has 4 rings (SSSR count). The Morgan fingerprint density at radius 3 is 2.64 bits per heavy atom. The molecule has 1 fully saturated rings. The number of carbonyl (C=O) groups excluding carboxylic acids is 1. The number of β-amino-alcohol motifs (C(OH)–C–C–N with tert-alkyl or cyclic N) is 1. The number of likely N-dealkylation sites (tertiary alicyclic amines) is 1. The highest BCUT2D eigenvalue weighted by Crippen LogP contribution is 2.34. The number of fused-ring (bicyclic) bond motifs is 1. The SMILES string of the molecule is Cc1ccc([C@]2(O)CCN(C(=O)c3cc(C(C)C)nc4onc(C)c34)C2)cc1. The quantitative estimate of drug-likeness (QED) is 0.751. The van der Waals surface area contributed by atoms with Crippen LogP contribution in [0.1, 0.15) is 59.1 Å². The summed E-state index contributed by atoms with van der Waals surface area (Å²) in [7, 11) is 0. The Bertz CT molecular complexity index is 1040. The number of aryl methyl sites for hydroxylation is 2. The van der Waals surface area contributed by atoms with Gasteiger partial charge < -0.3 is 14.5 Å². The van der Waals surface area contributed by atoms with Gasteiger partial charge in [0.25, 0.3) is 11.6 Å². The number of aromatic nitrogens is 2. The third-order valence-corrected chi connectivity index (χ3v) is 5.58. The smallest absolute Gasteiger partial charge is 0.259 e. The molecule has 1 saturated heterocycles. The largest absolute Gasteiger partial charge is 0.383 e. The fraction of sp³-hybridized carbons (Fsp3) is 0.409. The molecule has 1 N–H and O–H groups in total. The van der Waals surface area contributed by atoms with Gasteiger partial charge in [-0.05, 0) is 37.8 Å². The van der Waals surface area contributed by atoms with E-state index < -0.39 is 5.60 Å². The second kappa shape index (κ2) is 6.71. The average Bonchev–Trinajstić information content (AvgIpc) is 3.25. The van der Waals surface area contributed by atoms with Crippen LogP contribution in [-0.4, -0.2) is 39.1 Å². The Kier molecular flexibility index (Phi) is 4.46. The Balaban J connectivity index is 1.69. The highest BCUT2D eigenvalue weighted by atomic mass is 16.5. The van der Waals surface area contributed by atoms with Crippen LogP contribution in [-0.2, 0) is 5.60 Å². The molecule has 146 valence electrons. The fourth-order valence-electron chi connectivity index (χ4n) is 3.82. The topological polar surface area (TPSA) is 79.5 Å². The summed E-state index contributed by atoms with van der Waals surface area (Å²) in [6, 6.07) is 9.69. The van der Waals surface area contributed by atoms with Crippen molar-refractivity contribution in [2.45, 2.75) is 45.6 Å². The van der Waals surface area contributed by atoms with Crippen molar-refractivity contribution >= 4 is 17.0 Å². The van der Waals surface area contributed by atoms with E-state index in [4.69, 9.17) is 4.52 Å². The van der Waals surface area contributed by atoms with E-state index in [1.807, 2.05) is 58.0 Å². The molecule has 3 aromatic rings. The summed E-state index contributed by atoms with van der Waals surface area (Å²) in [6.07, 6.45) is 0.510. The van der Waals surface area contributed by atoms with Crippen LogP contribution in [0.25, 0.3) is 11.1 Å². The van der Waals surface area contributed by atoms with Crippen molar-refractivity contribution in [3.63, 3.8) is 0 Å². The normalized spacial score (nSPS) is 19.7. The first-order chi connectivity index (χ1) is 13.3. The van der Waals surface area contributed by atoms with Crippen LogP contribution in [0.4, 0.5) is 0 Å². The van der Waals surface area contributed by atoms with Gasteiger partial charge in [-0.2, -0.15) is 0 Å². The molecule has 0 aliphatic carbocycles. The Hall–Kier alpha value is -2.73. The van der Waals surface area contributed by atoms with E-state index in [9.17, 15) is 9.90 Å². The second-order valence-corrected chi connectivity index (χ2v) is 8.07. The van der Waals surface area contributed by atoms with Gasteiger partial charge in [0.15, 0.2) is 0 Å². The number of benzene rings is 1. The highest BCUT2D eigenvalue weighted by molar-refractivity contribution is 6.06. The van der Waals surface area contributed by atoms with Gasteiger partial charge in [0.05, 0.1) is 23.2 Å². The molecule has 1 amide bonds. The van der Waals surface area contributed by atoms with Gasteiger partial charge in [0, 0.05) is 12.2 Å². The predicted octanol–water partition coefficient (Wildman–Crippen LogP) is 3.70. The van der Waals surface area contributed by atoms with Crippen LogP contribution in [0.3, 0.4) is 0 Å². The van der Waals surface area contributed by atoms with Crippen molar-refractivity contribution in [1.29, 1.82) is 0 Å². The molecule has 1 atom stereocenters. The van der Waals surface area contributed by atoms with Crippen LogP contribution in [0.2, 0.25) is 0 Å². The molecule has 6 heteroatoms. The zero-order chi connectivity index (χ0) is 20.1. The first-order valence-corrected chi connectivity index (χ1v) is 9.64. The molecular formula is C22H25N3O3. The lowest BCUT2D eigenvalue weighted by Gasteiger charge is -2.24. The summed E-state index contributed by atoms with van der Waals surface area (Å²) in [4.78, 5) is 19.6. The molecule has 6 nitrogen and oxygen atoms in total. The van der Waals surface area contributed by atoms with E-state index in [-0.39, 0.29) is 18.4 Å². The van der Waals surface area contributed by atoms with Gasteiger partial charge in [-0.25, -0.2) is 4.98 Å². The molecule has 1 aliphatic heterocycles. The summed E-state index contributed by atoms with van der Waals surface area (Å²) >= 11 is 0. The van der Waals surface area contributed by atoms with E-state index in [2.05, 4.69) is 10.1 Å². The third kappa shape index (κ3) is 3.07. The first kappa shape index (κ1) is 18.6. The highest BCUT2D eigenvalue weighted by Gasteiger charge is 2.40. The molecule has 1 aromatic carbocycles. The van der Waals surface area contributed by atoms with Crippen molar-refractivity contribution in [2.75, 3.05) is 13.1 Å². The van der Waals surface area contributed by atoms with Crippen molar-refractivity contribution in [3.05, 3.63) is 58.4 Å². The molecule has 3 heterocycles. The van der Waals surface area contributed by atoms with Crippen molar-refractivity contribution in [3.8, 4) is 0 Å². The Labute approximate surface area is 164 Å². The molecule has 2 aromatic heterocycles. The molecule has 0 saturated carbocycles. The minimum Gasteiger partial charge on any atom is -0.383 e. The lowest BCUT2D eigenvalue weighted by molar-refractivity contribution is 0.0418. The van der Waals surface area contributed by atoms with Gasteiger partial charge in [0.2, 0.25) is 0 Å². The zero-order valence-corrected chi connectivity index (χ0v) is 16.7. The average molecular weight is 379 g/mol. The molecule has 0 bridgehead atoms. The summed E-state index contributed by atoms with van der Waals surface area (Å²) in [6.45, 7) is 8.64. The summed E-state index contributed by atoms with van der Waals surface area (Å²) in [5.41, 5.74) is 3.33. The van der Waals surface area contributed by atoms with E-state index in [0.29, 0.717) is 35.3 Å². The summed E-state index contributed by atoms with van der Waals surface area (Å²) in [5, 5.41) is 15.8. The van der Waals surface area contributed by atoms with Gasteiger partial charge >= 0.3 is 0 Å². The van der Waals surface area contributed by atoms with Crippen LogP contribution >= 0.6 is 0 Å². The van der Waals surface area contributed by atoms with E-state index >= 15 is 0 Å². The lowest BCUT2D eigenvalue weighted by Crippen LogP contribution is -2.34. The number of nitrogens with zero attached hydrogens (tertiary/aromatic N) is 3. The number of pyridine rings is 1. The van der Waals surface area contributed by atoms with Gasteiger partial charge in [-0.1, -0.05) is 48.8 Å². The maximum absolute atomic E-state index is 13.4. The second-order valence-electron chi connectivity index (χ2n) is 8.07. The predicted molar refractivity (Wildman–Crippen MR) is 106 cm³/mol. The maximum Gasteiger partial charge on any atom is 0.259 e. The van der Waals surface area contributed by atoms with Gasteiger partial charge in [-0.3, -0.25) is 4.79 Å². The third-order valence-electron chi connectivity index (χ3n) is 5.58. The van der Waals surface area contributed by atoms with Crippen molar-refractivity contribution in [2.24, 2.45) is 0 Å². The standard InChI is InChI=1S/C22H25N3O3/c1-13(2)18-11-17(19-15(4)24-28-20(19)23-18)21(26)25-10-9-22(27,12-25)16-7-5-14(3)6-8-16/h5-8,11,13,27H,9-10,12H2,1-4H3/t22-/m0/s1. The number of hydrogen-bond donors (Lipinski definition) is 1. The minimum atomic E-state index is -1.03. The summed E-state index contributed by atoms with van der Waals surface area (Å²) < 4.78 is 5.33. The molecule has 28 heavy (non-hydrogen) atoms. The first-order valence-electron chi connectivity index (χ1n) is 9.64. The molecule has 0 unspecified atom stereocenters. The lowest BCUT2D eigenvalue weighted by atomic mass is 9.92. The Morgan fingerprint density at radius 2 is 1.96 bits per heavy atom. The summed E-state index contributed by atoms with van der Waals surface area (Å²) in [5.74, 6) is 0.0352. The number of rotatable bonds is 3. The fourth-order valence-corrected chi connectivity index (χ4v) is 3.82. The Morgan fingerprint density at radius 1 is 1.25 bits per heavy atom. The zero-order valence-electron chi connectivity index (χ0n) is 16.7. The van der Waals surface area contributed by atoms with Gasteiger partial charge in [0.1, 0.15) is 5.60 Å². The van der Waals surface area contributed by atoms with E-state index in [1.54, 1.807) is 4.90 Å². The minimum absolute atomic E-state index is 0.122. The molecular weight excluding hydrogens is 354 g/mol. The number of amides is 1. The molecule has 1 aliphatic rings. The van der Waals surface area contributed by atoms with Crippen LogP contribution in [0, 0.1) is 13.8 Å². The van der Waals surface area contributed by atoms with E-state index in [1.165, 1.54) is 0 Å². The van der Waals surface area contributed by atoms with Crippen molar-refractivity contribution < 1.29 is 14.4 Å². The molecule has 0 spiro atoms. The van der Waals surface area contributed by atoms with Crippen LogP contribution < -0.4 is 0 Å². The number of carbonyl (C=O) groups is 1. The van der Waals surface area contributed by atoms with Crippen molar-refractivity contribution in [1.82, 2.24) is 15.0 Å².